The second-order valence-corrected chi connectivity index (χ2v) is 10.9. The molecule has 2 unspecified atom stereocenters. The minimum absolute atomic E-state index is 0.118. The highest BCUT2D eigenvalue weighted by Crippen LogP contribution is 2.49. The van der Waals surface area contributed by atoms with Crippen LogP contribution >= 0.6 is 8.53 Å². The SMILES string of the molecule is C#CCN[N+](=O)CCCC#Cc1cn([C@H]2CC(OP(OCCC#N)N(C(C)C)C(C)C)[C@@H](C)O2)c(=O)[nH]c1=O. The summed E-state index contributed by atoms with van der Waals surface area (Å²) in [5.41, 5.74) is 1.41. The van der Waals surface area contributed by atoms with Gasteiger partial charge in [0, 0.05) is 37.5 Å². The molecule has 39 heavy (non-hydrogen) atoms. The number of nitroso groups, excluding NO2 is 1. The van der Waals surface area contributed by atoms with Gasteiger partial charge in [-0.25, -0.2) is 9.46 Å². The Labute approximate surface area is 230 Å². The summed E-state index contributed by atoms with van der Waals surface area (Å²) in [5.74, 6) is 7.96. The van der Waals surface area contributed by atoms with E-state index in [1.54, 1.807) is 0 Å². The van der Waals surface area contributed by atoms with Gasteiger partial charge in [0.2, 0.25) is 6.54 Å². The molecule has 2 rings (SSSR count). The fourth-order valence-corrected chi connectivity index (χ4v) is 5.76. The van der Waals surface area contributed by atoms with Crippen LogP contribution in [-0.4, -0.2) is 63.1 Å². The maximum atomic E-state index is 12.6. The maximum Gasteiger partial charge on any atom is 0.330 e. The van der Waals surface area contributed by atoms with Gasteiger partial charge in [0.25, 0.3) is 14.1 Å². The van der Waals surface area contributed by atoms with Gasteiger partial charge in [-0.05, 0) is 34.6 Å². The number of hydrogen-bond donors (Lipinski definition) is 2. The zero-order chi connectivity index (χ0) is 28.9. The Balaban J connectivity index is 2.13. The Morgan fingerprint density at radius 3 is 2.69 bits per heavy atom. The summed E-state index contributed by atoms with van der Waals surface area (Å²) in [7, 11) is -1.48. The van der Waals surface area contributed by atoms with Crippen LogP contribution in [0.3, 0.4) is 0 Å². The van der Waals surface area contributed by atoms with Crippen molar-refractivity contribution in [3.63, 3.8) is 0 Å². The number of rotatable bonds is 14. The first-order valence-electron chi connectivity index (χ1n) is 12.9. The minimum atomic E-state index is -1.48. The predicted molar refractivity (Wildman–Crippen MR) is 147 cm³/mol. The van der Waals surface area contributed by atoms with Crippen molar-refractivity contribution in [2.45, 2.75) is 90.8 Å². The van der Waals surface area contributed by atoms with Crippen LogP contribution in [0.4, 0.5) is 0 Å². The van der Waals surface area contributed by atoms with Gasteiger partial charge in [-0.15, -0.1) is 11.8 Å². The van der Waals surface area contributed by atoms with Crippen molar-refractivity contribution in [3.05, 3.63) is 37.5 Å². The molecule has 0 aliphatic carbocycles. The molecule has 1 fully saturated rings. The summed E-state index contributed by atoms with van der Waals surface area (Å²) in [6.45, 7) is 10.7. The van der Waals surface area contributed by atoms with Crippen molar-refractivity contribution >= 4 is 8.53 Å². The van der Waals surface area contributed by atoms with Gasteiger partial charge in [0.1, 0.15) is 23.2 Å². The molecule has 13 heteroatoms. The first-order chi connectivity index (χ1) is 18.6. The summed E-state index contributed by atoms with van der Waals surface area (Å²) >= 11 is 0. The number of hydrazine groups is 1. The largest absolute Gasteiger partial charge is 0.352 e. The Morgan fingerprint density at radius 1 is 1.33 bits per heavy atom. The van der Waals surface area contributed by atoms with Crippen LogP contribution in [-0.2, 0) is 13.8 Å². The molecule has 0 bridgehead atoms. The number of nitrogens with one attached hydrogen (secondary N) is 2. The smallest absolute Gasteiger partial charge is 0.330 e. The van der Waals surface area contributed by atoms with Crippen LogP contribution in [0.5, 0.6) is 0 Å². The minimum Gasteiger partial charge on any atom is -0.352 e. The summed E-state index contributed by atoms with van der Waals surface area (Å²) < 4.78 is 21.9. The highest BCUT2D eigenvalue weighted by Gasteiger charge is 2.39. The van der Waals surface area contributed by atoms with Gasteiger partial charge >= 0.3 is 5.69 Å². The number of nitrogens with zero attached hydrogens (tertiary/aromatic N) is 4. The molecular weight excluding hydrogens is 523 g/mol. The van der Waals surface area contributed by atoms with Crippen LogP contribution in [0.2, 0.25) is 0 Å². The van der Waals surface area contributed by atoms with E-state index in [1.165, 1.54) is 10.8 Å². The van der Waals surface area contributed by atoms with E-state index in [2.05, 4.69) is 66.6 Å². The first-order valence-corrected chi connectivity index (χ1v) is 14.1. The van der Waals surface area contributed by atoms with Gasteiger partial charge in [-0.2, -0.15) is 5.26 Å². The van der Waals surface area contributed by atoms with Crippen molar-refractivity contribution in [1.29, 1.82) is 5.26 Å². The molecule has 4 atom stereocenters. The Kier molecular flexibility index (Phi) is 13.3. The Hall–Kier alpha value is -3.04. The van der Waals surface area contributed by atoms with E-state index in [0.29, 0.717) is 24.1 Å². The lowest BCUT2D eigenvalue weighted by Gasteiger charge is -2.37. The van der Waals surface area contributed by atoms with Gasteiger partial charge < -0.3 is 13.8 Å². The summed E-state index contributed by atoms with van der Waals surface area (Å²) in [4.78, 5) is 39.4. The highest BCUT2D eigenvalue weighted by atomic mass is 31.2. The molecule has 1 saturated heterocycles. The van der Waals surface area contributed by atoms with E-state index < -0.39 is 26.0 Å². The molecule has 0 radical (unpaired) electrons. The highest BCUT2D eigenvalue weighted by molar-refractivity contribution is 7.44. The predicted octanol–water partition coefficient (Wildman–Crippen LogP) is 2.55. The number of aromatic amines is 1. The number of nitriles is 1. The first kappa shape index (κ1) is 32.2. The third kappa shape index (κ3) is 9.89. The number of ether oxygens (including phenoxy) is 1. The van der Waals surface area contributed by atoms with Gasteiger partial charge in [0.15, 0.2) is 0 Å². The third-order valence-corrected chi connectivity index (χ3v) is 7.89. The molecule has 1 aliphatic heterocycles. The number of H-pyrrole nitrogens is 1. The zero-order valence-corrected chi connectivity index (χ0v) is 24.1. The van der Waals surface area contributed by atoms with Crippen molar-refractivity contribution in [3.8, 4) is 30.3 Å². The topological polar surface area (TPSA) is 142 Å². The van der Waals surface area contributed by atoms with Crippen LogP contribution in [0.1, 0.15) is 72.1 Å². The van der Waals surface area contributed by atoms with Crippen molar-refractivity contribution < 1.29 is 18.7 Å². The average molecular weight is 562 g/mol. The van der Waals surface area contributed by atoms with Gasteiger partial charge in [0.05, 0.1) is 36.2 Å². The van der Waals surface area contributed by atoms with Crippen molar-refractivity contribution in [2.24, 2.45) is 0 Å². The van der Waals surface area contributed by atoms with Crippen molar-refractivity contribution in [1.82, 2.24) is 19.6 Å². The molecule has 1 aliphatic rings. The molecule has 212 valence electrons. The quantitative estimate of drug-likeness (QED) is 0.115. The van der Waals surface area contributed by atoms with E-state index in [0.717, 1.165) is 0 Å². The van der Waals surface area contributed by atoms with Crippen LogP contribution in [0.15, 0.2) is 15.8 Å². The lowest BCUT2D eigenvalue weighted by Crippen LogP contribution is -2.35. The number of terminal acetylenes is 1. The second kappa shape index (κ2) is 16.2. The Morgan fingerprint density at radius 2 is 2.05 bits per heavy atom. The van der Waals surface area contributed by atoms with E-state index in [-0.39, 0.29) is 56.0 Å². The van der Waals surface area contributed by atoms with E-state index in [9.17, 15) is 14.5 Å². The van der Waals surface area contributed by atoms with Crippen LogP contribution in [0, 0.1) is 40.4 Å². The number of aromatic nitrogens is 2. The fraction of sp³-hybridized carbons (Fsp3) is 0.654. The zero-order valence-electron chi connectivity index (χ0n) is 23.2. The summed E-state index contributed by atoms with van der Waals surface area (Å²) in [6, 6.07) is 2.37. The molecule has 1 aromatic rings. The standard InChI is InChI=1S/C26H37N6O6P/c1-7-14-28-31(35)15-10-8-9-12-22-18-30(26(34)29-25(22)33)24-17-23(21(6)37-24)38-39(36-16-11-13-27)32(19(2)3)20(4)5/h1,18-21,23-24H,8,10-11,14-17H2,2-6H3,(H-,28,29,33,34,35)/p+1/t21-,23?,24-,39?/m1/s1. The maximum absolute atomic E-state index is 12.6. The Bertz CT molecular complexity index is 1210. The molecule has 12 nitrogen and oxygen atoms in total. The van der Waals surface area contributed by atoms with Crippen LogP contribution in [0.25, 0.3) is 0 Å². The van der Waals surface area contributed by atoms with Crippen LogP contribution < -0.4 is 16.7 Å². The second-order valence-electron chi connectivity index (χ2n) is 9.48. The lowest BCUT2D eigenvalue weighted by molar-refractivity contribution is -0.605. The van der Waals surface area contributed by atoms with E-state index in [4.69, 9.17) is 25.5 Å². The van der Waals surface area contributed by atoms with Gasteiger partial charge in [-0.1, -0.05) is 17.8 Å². The monoisotopic (exact) mass is 561 g/mol. The third-order valence-electron chi connectivity index (χ3n) is 5.74. The normalized spacial score (nSPS) is 19.4. The molecule has 0 aromatic carbocycles. The number of unbranched alkanes of at least 4 members (excludes halogenated alkanes) is 1. The van der Waals surface area contributed by atoms with Crippen molar-refractivity contribution in [2.75, 3.05) is 19.7 Å². The average Bonchev–Trinajstić information content (AvgIpc) is 3.22. The van der Waals surface area contributed by atoms with E-state index in [1.807, 2.05) is 6.92 Å². The molecule has 0 spiro atoms. The summed E-state index contributed by atoms with van der Waals surface area (Å²) in [6.07, 6.45) is 6.54. The van der Waals surface area contributed by atoms with E-state index >= 15 is 0 Å². The number of hydrogen-bond acceptors (Lipinski definition) is 8. The van der Waals surface area contributed by atoms with Gasteiger partial charge in [-0.3, -0.25) is 14.3 Å². The molecule has 0 saturated carbocycles. The summed E-state index contributed by atoms with van der Waals surface area (Å²) in [5, 5.41) is 8.93. The fourth-order valence-electron chi connectivity index (χ4n) is 3.97. The lowest BCUT2D eigenvalue weighted by atomic mass is 10.2. The molecule has 1 aromatic heterocycles. The molecule has 2 heterocycles. The molecule has 0 amide bonds. The molecular formula is C26H38N6O6P+. The molecule has 2 N–H and O–H groups in total.